The van der Waals surface area contributed by atoms with Crippen LogP contribution in [0.15, 0.2) is 28.8 Å². The van der Waals surface area contributed by atoms with Gasteiger partial charge in [0, 0.05) is 5.69 Å². The molecule has 1 aromatic heterocycles. The van der Waals surface area contributed by atoms with E-state index in [-0.39, 0.29) is 5.56 Å². The number of hydrogen-bond donors (Lipinski definition) is 1. The van der Waals surface area contributed by atoms with Crippen LogP contribution in [0.4, 0.5) is 5.69 Å². The summed E-state index contributed by atoms with van der Waals surface area (Å²) in [7, 11) is 1.56. The van der Waals surface area contributed by atoms with Gasteiger partial charge in [-0.1, -0.05) is 12.1 Å². The number of benzene rings is 1. The molecule has 1 atom stereocenters. The van der Waals surface area contributed by atoms with E-state index in [4.69, 9.17) is 14.0 Å². The van der Waals surface area contributed by atoms with Gasteiger partial charge in [0.2, 0.25) is 0 Å². The lowest BCUT2D eigenvalue weighted by Crippen LogP contribution is -2.30. The molecule has 0 saturated carbocycles. The van der Waals surface area contributed by atoms with Crippen LogP contribution in [0, 0.1) is 6.92 Å². The molecule has 1 amide bonds. The molecule has 0 aliphatic heterocycles. The third kappa shape index (κ3) is 3.92. The van der Waals surface area contributed by atoms with Crippen molar-refractivity contribution in [3.05, 3.63) is 41.3 Å². The van der Waals surface area contributed by atoms with Crippen molar-refractivity contribution in [2.75, 3.05) is 12.4 Å². The molecule has 128 valence electrons. The quantitative estimate of drug-likeness (QED) is 0.818. The molecular formula is C17H20N2O5. The van der Waals surface area contributed by atoms with Crippen LogP contribution < -0.4 is 10.1 Å². The number of amides is 1. The minimum absolute atomic E-state index is 0.279. The van der Waals surface area contributed by atoms with Gasteiger partial charge in [-0.05, 0) is 44.5 Å². The maximum atomic E-state index is 12.2. The van der Waals surface area contributed by atoms with Crippen molar-refractivity contribution >= 4 is 17.6 Å². The van der Waals surface area contributed by atoms with Crippen molar-refractivity contribution in [3.63, 3.8) is 0 Å². The predicted octanol–water partition coefficient (Wildman–Crippen LogP) is 2.74. The van der Waals surface area contributed by atoms with E-state index < -0.39 is 18.0 Å². The average molecular weight is 332 g/mol. The fraction of sp³-hybridized carbons (Fsp3) is 0.353. The Hall–Kier alpha value is -2.83. The number of aromatic nitrogens is 1. The molecule has 0 aliphatic carbocycles. The Morgan fingerprint density at radius 2 is 1.96 bits per heavy atom. The summed E-state index contributed by atoms with van der Waals surface area (Å²) in [6.07, 6.45) is -0.424. The van der Waals surface area contributed by atoms with Gasteiger partial charge in [-0.25, -0.2) is 4.79 Å². The lowest BCUT2D eigenvalue weighted by molar-refractivity contribution is -0.123. The number of methoxy groups -OCH3 is 1. The van der Waals surface area contributed by atoms with Crippen LogP contribution in [-0.4, -0.2) is 30.2 Å². The second-order valence-corrected chi connectivity index (χ2v) is 5.18. The standard InChI is InChI=1S/C17H20N2O5/c1-5-14-15(10(2)24-19-14)17(21)23-11(3)16(20)18-12-6-8-13(22-4)9-7-12/h6-9,11H,5H2,1-4H3,(H,18,20)/t11-/m1/s1. The Kier molecular flexibility index (Phi) is 5.57. The van der Waals surface area contributed by atoms with E-state index in [1.807, 2.05) is 6.92 Å². The van der Waals surface area contributed by atoms with Gasteiger partial charge in [-0.15, -0.1) is 0 Å². The van der Waals surface area contributed by atoms with Crippen molar-refractivity contribution in [2.24, 2.45) is 0 Å². The first-order valence-corrected chi connectivity index (χ1v) is 7.57. The Labute approximate surface area is 139 Å². The zero-order chi connectivity index (χ0) is 17.7. The van der Waals surface area contributed by atoms with E-state index in [0.717, 1.165) is 0 Å². The maximum absolute atomic E-state index is 12.2. The highest BCUT2D eigenvalue weighted by Crippen LogP contribution is 2.18. The molecule has 24 heavy (non-hydrogen) atoms. The summed E-state index contributed by atoms with van der Waals surface area (Å²) in [5.74, 6) is 0.00534. The predicted molar refractivity (Wildman–Crippen MR) is 87.1 cm³/mol. The molecule has 7 heteroatoms. The van der Waals surface area contributed by atoms with Gasteiger partial charge in [-0.2, -0.15) is 0 Å². The molecule has 2 rings (SSSR count). The zero-order valence-corrected chi connectivity index (χ0v) is 14.1. The number of rotatable bonds is 6. The smallest absolute Gasteiger partial charge is 0.344 e. The number of ether oxygens (including phenoxy) is 2. The lowest BCUT2D eigenvalue weighted by Gasteiger charge is -2.13. The van der Waals surface area contributed by atoms with Crippen LogP contribution in [-0.2, 0) is 16.0 Å². The molecule has 0 bridgehead atoms. The summed E-state index contributed by atoms with van der Waals surface area (Å²) in [4.78, 5) is 24.4. The molecule has 1 heterocycles. The summed E-state index contributed by atoms with van der Waals surface area (Å²) in [5, 5.41) is 6.48. The fourth-order valence-electron chi connectivity index (χ4n) is 2.11. The molecule has 0 fully saturated rings. The molecule has 2 aromatic rings. The van der Waals surface area contributed by atoms with Gasteiger partial charge in [-0.3, -0.25) is 4.79 Å². The van der Waals surface area contributed by atoms with Crippen molar-refractivity contribution in [1.82, 2.24) is 5.16 Å². The Morgan fingerprint density at radius 3 is 2.54 bits per heavy atom. The summed E-state index contributed by atoms with van der Waals surface area (Å²) in [6, 6.07) is 6.84. The van der Waals surface area contributed by atoms with Crippen LogP contribution >= 0.6 is 0 Å². The largest absolute Gasteiger partial charge is 0.497 e. The number of nitrogens with zero attached hydrogens (tertiary/aromatic N) is 1. The fourth-order valence-corrected chi connectivity index (χ4v) is 2.11. The first-order chi connectivity index (χ1) is 11.5. The van der Waals surface area contributed by atoms with Crippen LogP contribution in [0.5, 0.6) is 5.75 Å². The van der Waals surface area contributed by atoms with Crippen LogP contribution in [0.1, 0.15) is 35.7 Å². The van der Waals surface area contributed by atoms with E-state index in [1.165, 1.54) is 6.92 Å². The minimum atomic E-state index is -0.960. The van der Waals surface area contributed by atoms with Gasteiger partial charge in [0.05, 0.1) is 12.8 Å². The van der Waals surface area contributed by atoms with Crippen LogP contribution in [0.2, 0.25) is 0 Å². The first kappa shape index (κ1) is 17.5. The van der Waals surface area contributed by atoms with E-state index in [1.54, 1.807) is 38.3 Å². The molecule has 7 nitrogen and oxygen atoms in total. The van der Waals surface area contributed by atoms with E-state index in [2.05, 4.69) is 10.5 Å². The SMILES string of the molecule is CCc1noc(C)c1C(=O)O[C@H](C)C(=O)Nc1ccc(OC)cc1. The highest BCUT2D eigenvalue weighted by molar-refractivity contribution is 5.98. The van der Waals surface area contributed by atoms with Crippen LogP contribution in [0.3, 0.4) is 0 Å². The number of hydrogen-bond acceptors (Lipinski definition) is 6. The molecule has 0 spiro atoms. The Morgan fingerprint density at radius 1 is 1.29 bits per heavy atom. The summed E-state index contributed by atoms with van der Waals surface area (Å²) >= 11 is 0. The third-order valence-electron chi connectivity index (χ3n) is 3.48. The number of carbonyl (C=O) groups is 2. The molecule has 0 saturated heterocycles. The van der Waals surface area contributed by atoms with Crippen molar-refractivity contribution < 1.29 is 23.6 Å². The summed E-state index contributed by atoms with van der Waals surface area (Å²) in [5.41, 5.74) is 1.38. The van der Waals surface area contributed by atoms with Crippen molar-refractivity contribution in [3.8, 4) is 5.75 Å². The van der Waals surface area contributed by atoms with Crippen molar-refractivity contribution in [1.29, 1.82) is 0 Å². The zero-order valence-electron chi connectivity index (χ0n) is 14.1. The van der Waals surface area contributed by atoms with E-state index in [0.29, 0.717) is 29.3 Å². The number of anilines is 1. The number of esters is 1. The number of carbonyl (C=O) groups excluding carboxylic acids is 2. The highest BCUT2D eigenvalue weighted by atomic mass is 16.5. The summed E-state index contributed by atoms with van der Waals surface area (Å²) in [6.45, 7) is 4.99. The highest BCUT2D eigenvalue weighted by Gasteiger charge is 2.25. The minimum Gasteiger partial charge on any atom is -0.497 e. The van der Waals surface area contributed by atoms with Gasteiger partial charge >= 0.3 is 5.97 Å². The van der Waals surface area contributed by atoms with Gasteiger partial charge in [0.15, 0.2) is 6.10 Å². The molecule has 0 radical (unpaired) electrons. The second-order valence-electron chi connectivity index (χ2n) is 5.18. The van der Waals surface area contributed by atoms with Gasteiger partial charge in [0.25, 0.3) is 5.91 Å². The van der Waals surface area contributed by atoms with Gasteiger partial charge in [0.1, 0.15) is 17.1 Å². The Bertz CT molecular complexity index is 721. The molecule has 1 aromatic carbocycles. The van der Waals surface area contributed by atoms with E-state index in [9.17, 15) is 9.59 Å². The second kappa shape index (κ2) is 7.63. The normalized spacial score (nSPS) is 11.7. The molecule has 0 unspecified atom stereocenters. The lowest BCUT2D eigenvalue weighted by atomic mass is 10.1. The van der Waals surface area contributed by atoms with Crippen LogP contribution in [0.25, 0.3) is 0 Å². The first-order valence-electron chi connectivity index (χ1n) is 7.57. The Balaban J connectivity index is 2.00. The van der Waals surface area contributed by atoms with Crippen molar-refractivity contribution in [2.45, 2.75) is 33.3 Å². The number of aryl methyl sites for hydroxylation is 2. The summed E-state index contributed by atoms with van der Waals surface area (Å²) < 4.78 is 15.3. The van der Waals surface area contributed by atoms with Gasteiger partial charge < -0.3 is 19.3 Å². The molecule has 1 N–H and O–H groups in total. The topological polar surface area (TPSA) is 90.7 Å². The third-order valence-corrected chi connectivity index (χ3v) is 3.48. The molecular weight excluding hydrogens is 312 g/mol. The average Bonchev–Trinajstić information content (AvgIpc) is 2.96. The number of nitrogens with one attached hydrogen (secondary N) is 1. The maximum Gasteiger partial charge on any atom is 0.344 e. The molecule has 0 aliphatic rings. The monoisotopic (exact) mass is 332 g/mol. The van der Waals surface area contributed by atoms with E-state index >= 15 is 0 Å².